The van der Waals surface area contributed by atoms with E-state index in [1.807, 2.05) is 35.2 Å². The molecule has 27 heavy (non-hydrogen) atoms. The molecule has 1 saturated carbocycles. The average molecular weight is 363 g/mol. The van der Waals surface area contributed by atoms with E-state index in [2.05, 4.69) is 10.1 Å². The molecule has 1 aliphatic carbocycles. The van der Waals surface area contributed by atoms with Crippen molar-refractivity contribution in [3.63, 3.8) is 0 Å². The van der Waals surface area contributed by atoms with Gasteiger partial charge in [-0.05, 0) is 37.3 Å². The Morgan fingerprint density at radius 2 is 2.19 bits per heavy atom. The quantitative estimate of drug-likeness (QED) is 0.705. The lowest BCUT2D eigenvalue weighted by molar-refractivity contribution is 0.0722. The second-order valence-electron chi connectivity index (χ2n) is 7.44. The number of ether oxygens (including phenoxy) is 1. The van der Waals surface area contributed by atoms with Gasteiger partial charge in [0.2, 0.25) is 0 Å². The molecule has 2 aromatic heterocycles. The van der Waals surface area contributed by atoms with Crippen LogP contribution in [-0.2, 0) is 6.61 Å². The first-order valence-corrected chi connectivity index (χ1v) is 9.51. The van der Waals surface area contributed by atoms with E-state index < -0.39 is 0 Å². The minimum absolute atomic E-state index is 0.0220. The Kier molecular flexibility index (Phi) is 4.03. The summed E-state index contributed by atoms with van der Waals surface area (Å²) < 4.78 is 11.2. The third kappa shape index (κ3) is 3.05. The Bertz CT molecular complexity index is 978. The van der Waals surface area contributed by atoms with E-state index in [0.29, 0.717) is 29.2 Å². The molecular weight excluding hydrogens is 342 g/mol. The number of likely N-dealkylation sites (tertiary alicyclic amines) is 1. The largest absolute Gasteiger partial charge is 0.483 e. The third-order valence-electron chi connectivity index (χ3n) is 5.66. The van der Waals surface area contributed by atoms with Crippen molar-refractivity contribution in [2.45, 2.75) is 38.3 Å². The number of aromatic nitrogens is 2. The summed E-state index contributed by atoms with van der Waals surface area (Å²) in [6, 6.07) is 11.8. The van der Waals surface area contributed by atoms with Gasteiger partial charge in [-0.15, -0.1) is 0 Å². The summed E-state index contributed by atoms with van der Waals surface area (Å²) in [5.74, 6) is 1.85. The Balaban J connectivity index is 1.29. The van der Waals surface area contributed by atoms with Gasteiger partial charge in [-0.25, -0.2) is 0 Å². The maximum absolute atomic E-state index is 12.8. The Hall–Kier alpha value is -2.89. The van der Waals surface area contributed by atoms with Crippen LogP contribution >= 0.6 is 0 Å². The lowest BCUT2D eigenvalue weighted by Gasteiger charge is -2.23. The summed E-state index contributed by atoms with van der Waals surface area (Å²) in [6.45, 7) is 1.06. The van der Waals surface area contributed by atoms with Crippen molar-refractivity contribution in [2.24, 2.45) is 5.92 Å². The van der Waals surface area contributed by atoms with E-state index in [9.17, 15) is 4.79 Å². The van der Waals surface area contributed by atoms with E-state index in [0.717, 1.165) is 30.3 Å². The van der Waals surface area contributed by atoms with Crippen molar-refractivity contribution in [3.05, 3.63) is 54.0 Å². The smallest absolute Gasteiger partial charge is 0.276 e. The van der Waals surface area contributed by atoms with Crippen LogP contribution in [0.25, 0.3) is 10.9 Å². The molecule has 1 amide bonds. The molecule has 1 aromatic carbocycles. The number of fused-ring (bicyclic) bond motifs is 3. The summed E-state index contributed by atoms with van der Waals surface area (Å²) in [4.78, 5) is 19.2. The Morgan fingerprint density at radius 3 is 3.11 bits per heavy atom. The van der Waals surface area contributed by atoms with E-state index in [4.69, 9.17) is 9.26 Å². The summed E-state index contributed by atoms with van der Waals surface area (Å²) >= 11 is 0. The zero-order valence-corrected chi connectivity index (χ0v) is 15.0. The zero-order chi connectivity index (χ0) is 18.2. The maximum atomic E-state index is 12.8. The normalized spacial score (nSPS) is 21.6. The van der Waals surface area contributed by atoms with E-state index in [-0.39, 0.29) is 12.5 Å². The topological polar surface area (TPSA) is 68.5 Å². The number of hydrogen-bond donors (Lipinski definition) is 0. The third-order valence-corrected chi connectivity index (χ3v) is 5.66. The summed E-state index contributed by atoms with van der Waals surface area (Å²) in [6.07, 6.45) is 6.43. The molecule has 2 fully saturated rings. The Labute approximate surface area is 157 Å². The van der Waals surface area contributed by atoms with Crippen LogP contribution in [0.3, 0.4) is 0 Å². The molecule has 2 bridgehead atoms. The number of amides is 1. The van der Waals surface area contributed by atoms with Crippen LogP contribution in [0, 0.1) is 5.92 Å². The van der Waals surface area contributed by atoms with Crippen LogP contribution in [0.2, 0.25) is 0 Å². The molecule has 6 nitrogen and oxygen atoms in total. The molecule has 5 rings (SSSR count). The van der Waals surface area contributed by atoms with Crippen LogP contribution in [0.15, 0.2) is 47.1 Å². The zero-order valence-electron chi connectivity index (χ0n) is 15.0. The van der Waals surface area contributed by atoms with Gasteiger partial charge in [-0.1, -0.05) is 29.8 Å². The average Bonchev–Trinajstić information content (AvgIpc) is 3.30. The van der Waals surface area contributed by atoms with Crippen LogP contribution in [0.1, 0.15) is 41.9 Å². The number of para-hydroxylation sites is 1. The highest BCUT2D eigenvalue weighted by molar-refractivity contribution is 5.92. The van der Waals surface area contributed by atoms with Crippen molar-refractivity contribution in [1.29, 1.82) is 0 Å². The maximum Gasteiger partial charge on any atom is 0.276 e. The Morgan fingerprint density at radius 1 is 1.26 bits per heavy atom. The highest BCUT2D eigenvalue weighted by atomic mass is 16.5. The second kappa shape index (κ2) is 6.68. The predicted molar refractivity (Wildman–Crippen MR) is 99.4 cm³/mol. The van der Waals surface area contributed by atoms with Crippen LogP contribution in [0.5, 0.6) is 5.75 Å². The second-order valence-corrected chi connectivity index (χ2v) is 7.44. The van der Waals surface area contributed by atoms with Crippen molar-refractivity contribution in [3.8, 4) is 5.75 Å². The highest BCUT2D eigenvalue weighted by Crippen LogP contribution is 2.36. The van der Waals surface area contributed by atoms with Gasteiger partial charge >= 0.3 is 0 Å². The number of nitrogens with zero attached hydrogens (tertiary/aromatic N) is 3. The molecule has 2 atom stereocenters. The predicted octanol–water partition coefficient (Wildman–Crippen LogP) is 3.82. The molecular formula is C21H21N3O3. The van der Waals surface area contributed by atoms with Gasteiger partial charge in [0.25, 0.3) is 5.91 Å². The fraction of sp³-hybridized carbons (Fsp3) is 0.381. The number of benzene rings is 1. The molecule has 6 heteroatoms. The molecule has 2 aliphatic rings. The molecule has 3 heterocycles. The lowest BCUT2D eigenvalue weighted by atomic mass is 9.90. The van der Waals surface area contributed by atoms with Crippen LogP contribution < -0.4 is 4.74 Å². The van der Waals surface area contributed by atoms with Gasteiger partial charge in [0.05, 0.1) is 0 Å². The highest BCUT2D eigenvalue weighted by Gasteiger charge is 2.38. The van der Waals surface area contributed by atoms with Gasteiger partial charge in [0, 0.05) is 30.2 Å². The number of carbonyl (C=O) groups is 1. The van der Waals surface area contributed by atoms with Gasteiger partial charge < -0.3 is 14.2 Å². The van der Waals surface area contributed by atoms with Crippen molar-refractivity contribution in [1.82, 2.24) is 15.0 Å². The van der Waals surface area contributed by atoms with Crippen molar-refractivity contribution < 1.29 is 14.1 Å². The molecule has 0 N–H and O–H groups in total. The van der Waals surface area contributed by atoms with E-state index in [1.165, 1.54) is 12.8 Å². The summed E-state index contributed by atoms with van der Waals surface area (Å²) in [7, 11) is 0. The van der Waals surface area contributed by atoms with Crippen LogP contribution in [0.4, 0.5) is 0 Å². The summed E-state index contributed by atoms with van der Waals surface area (Å²) in [5, 5.41) is 5.00. The van der Waals surface area contributed by atoms with Gasteiger partial charge in [-0.2, -0.15) is 0 Å². The van der Waals surface area contributed by atoms with Gasteiger partial charge in [0.1, 0.15) is 17.9 Å². The number of hydrogen-bond acceptors (Lipinski definition) is 5. The number of carbonyl (C=O) groups excluding carboxylic acids is 1. The molecule has 0 unspecified atom stereocenters. The number of pyridine rings is 1. The molecule has 0 radical (unpaired) electrons. The fourth-order valence-corrected chi connectivity index (χ4v) is 4.36. The lowest BCUT2D eigenvalue weighted by Crippen LogP contribution is -2.35. The van der Waals surface area contributed by atoms with Crippen molar-refractivity contribution in [2.75, 3.05) is 6.54 Å². The van der Waals surface area contributed by atoms with Crippen molar-refractivity contribution >= 4 is 16.8 Å². The first-order chi connectivity index (χ1) is 13.3. The van der Waals surface area contributed by atoms with Crippen LogP contribution in [-0.4, -0.2) is 33.5 Å². The van der Waals surface area contributed by atoms with E-state index >= 15 is 0 Å². The molecule has 0 spiro atoms. The molecule has 1 aliphatic heterocycles. The SMILES string of the molecule is O=C(c1cc(COc2cccc3cccnc23)on1)N1C[C@H]2CCC[C@@H]1C2. The van der Waals surface area contributed by atoms with Gasteiger partial charge in [0.15, 0.2) is 11.5 Å². The minimum atomic E-state index is -0.0220. The number of rotatable bonds is 4. The standard InChI is InChI=1S/C21H21N3O3/c25-21(24-12-14-4-1-7-16(24)10-14)18-11-17(27-23-18)13-26-19-8-2-5-15-6-3-9-22-20(15)19/h2-3,5-6,8-9,11,14,16H,1,4,7,10,12-13H2/t14-,16+/m0/s1. The molecule has 3 aromatic rings. The fourth-order valence-electron chi connectivity index (χ4n) is 4.36. The first kappa shape index (κ1) is 16.3. The molecule has 1 saturated heterocycles. The molecule has 138 valence electrons. The first-order valence-electron chi connectivity index (χ1n) is 9.51. The summed E-state index contributed by atoms with van der Waals surface area (Å²) in [5.41, 5.74) is 1.18. The minimum Gasteiger partial charge on any atom is -0.483 e. The van der Waals surface area contributed by atoms with E-state index in [1.54, 1.807) is 12.3 Å². The monoisotopic (exact) mass is 363 g/mol. The van der Waals surface area contributed by atoms with Gasteiger partial charge in [-0.3, -0.25) is 9.78 Å².